The van der Waals surface area contributed by atoms with E-state index in [2.05, 4.69) is 0 Å². The Labute approximate surface area is 85.4 Å². The van der Waals surface area contributed by atoms with Crippen LogP contribution in [0.15, 0.2) is 0 Å². The first kappa shape index (κ1) is 30.6. The minimum atomic E-state index is -1.08. The van der Waals surface area contributed by atoms with Crippen molar-refractivity contribution in [2.75, 3.05) is 0 Å². The van der Waals surface area contributed by atoms with Crippen molar-refractivity contribution < 1.29 is 59.4 Å². The van der Waals surface area contributed by atoms with Crippen LogP contribution in [0.1, 0.15) is 13.8 Å². The summed E-state index contributed by atoms with van der Waals surface area (Å²) in [5.41, 5.74) is 0. The summed E-state index contributed by atoms with van der Waals surface area (Å²) >= 11 is 0. The average molecular weight is 263 g/mol. The van der Waals surface area contributed by atoms with Crippen molar-refractivity contribution in [2.45, 2.75) is 13.8 Å². The molecule has 0 amide bonds. The molecule has 0 aliphatic rings. The van der Waals surface area contributed by atoms with Gasteiger partial charge < -0.3 is 25.3 Å². The molecular formula is C4H8Cu2O5. The Hall–Kier alpha value is -0.0610. The molecule has 0 atom stereocenters. The number of carbonyl (C=O) groups excluding carboxylic acids is 2. The van der Waals surface area contributed by atoms with Crippen LogP contribution in [0, 0.1) is 0 Å². The molecule has 0 saturated carbocycles. The van der Waals surface area contributed by atoms with Crippen LogP contribution >= 0.6 is 0 Å². The van der Waals surface area contributed by atoms with Crippen molar-refractivity contribution in [3.63, 3.8) is 0 Å². The van der Waals surface area contributed by atoms with E-state index in [0.29, 0.717) is 0 Å². The molecule has 0 spiro atoms. The number of carboxylic acid groups (broad SMARTS) is 2. The third kappa shape index (κ3) is 168000. The molecule has 11 heavy (non-hydrogen) atoms. The fourth-order valence-corrected chi connectivity index (χ4v) is 0. The first-order valence-electron chi connectivity index (χ1n) is 1.82. The van der Waals surface area contributed by atoms with Crippen LogP contribution in [0.2, 0.25) is 0 Å². The van der Waals surface area contributed by atoms with E-state index in [9.17, 15) is 0 Å². The van der Waals surface area contributed by atoms with Gasteiger partial charge in [-0.25, -0.2) is 0 Å². The Morgan fingerprint density at radius 1 is 1.00 bits per heavy atom. The van der Waals surface area contributed by atoms with Gasteiger partial charge in [0, 0.05) is 29.0 Å². The summed E-state index contributed by atoms with van der Waals surface area (Å²) in [4.78, 5) is 17.8. The van der Waals surface area contributed by atoms with Crippen LogP contribution in [0.5, 0.6) is 0 Å². The maximum Gasteiger partial charge on any atom is 2.00 e. The summed E-state index contributed by atoms with van der Waals surface area (Å²) in [5.74, 6) is -2.17. The average Bonchev–Trinajstić information content (AvgIpc) is 1.25. The number of hydrogen-bond donors (Lipinski definition) is 0. The van der Waals surface area contributed by atoms with Crippen molar-refractivity contribution in [1.29, 1.82) is 0 Å². The van der Waals surface area contributed by atoms with Crippen molar-refractivity contribution in [3.05, 3.63) is 0 Å². The molecular weight excluding hydrogens is 255 g/mol. The van der Waals surface area contributed by atoms with Crippen LogP contribution in [0.25, 0.3) is 0 Å². The Morgan fingerprint density at radius 3 is 1.00 bits per heavy atom. The molecule has 0 aliphatic heterocycles. The van der Waals surface area contributed by atoms with Crippen molar-refractivity contribution in [2.24, 2.45) is 0 Å². The fraction of sp³-hybridized carbons (Fsp3) is 0.500. The van der Waals surface area contributed by atoms with Gasteiger partial charge in [0.1, 0.15) is 0 Å². The first-order valence-corrected chi connectivity index (χ1v) is 1.82. The Kier molecular flexibility index (Phi) is 62.7. The van der Waals surface area contributed by atoms with Gasteiger partial charge in [0.2, 0.25) is 0 Å². The summed E-state index contributed by atoms with van der Waals surface area (Å²) in [6.07, 6.45) is 0. The monoisotopic (exact) mass is 262 g/mol. The van der Waals surface area contributed by atoms with Crippen LogP contribution < -0.4 is 10.2 Å². The summed E-state index contributed by atoms with van der Waals surface area (Å²) < 4.78 is 0. The fourth-order valence-electron chi connectivity index (χ4n) is 0. The number of carbonyl (C=O) groups is 2. The predicted octanol–water partition coefficient (Wildman–Crippen LogP) is -3.32. The number of carboxylic acids is 2. The summed E-state index contributed by atoms with van der Waals surface area (Å²) in [5, 5.41) is 17.8. The van der Waals surface area contributed by atoms with E-state index in [4.69, 9.17) is 19.8 Å². The Bertz CT molecular complexity index is 74.5. The zero-order valence-corrected chi connectivity index (χ0v) is 7.62. The zero-order valence-electron chi connectivity index (χ0n) is 5.74. The zero-order chi connectivity index (χ0) is 7.15. The van der Waals surface area contributed by atoms with Gasteiger partial charge >= 0.3 is 17.1 Å². The van der Waals surface area contributed by atoms with E-state index in [1.807, 2.05) is 0 Å². The molecule has 0 heterocycles. The quantitative estimate of drug-likeness (QED) is 0.426. The second-order valence-electron chi connectivity index (χ2n) is 0.983. The molecule has 0 bridgehead atoms. The van der Waals surface area contributed by atoms with Gasteiger partial charge in [-0.3, -0.25) is 0 Å². The van der Waals surface area contributed by atoms with E-state index < -0.39 is 11.9 Å². The van der Waals surface area contributed by atoms with Crippen molar-refractivity contribution in [1.82, 2.24) is 0 Å². The molecule has 7 heteroatoms. The third-order valence-corrected chi connectivity index (χ3v) is 0. The van der Waals surface area contributed by atoms with Crippen LogP contribution in [0.4, 0.5) is 0 Å². The normalized spacial score (nSPS) is 4.55. The van der Waals surface area contributed by atoms with Gasteiger partial charge in [-0.1, -0.05) is 0 Å². The minimum absolute atomic E-state index is 0. The van der Waals surface area contributed by atoms with E-state index >= 15 is 0 Å². The largest absolute Gasteiger partial charge is 2.00 e. The standard InChI is InChI=1S/2C2H4O2.2Cu.H2O/c2*1-2(3)4;;;/h2*1H3,(H,3,4);;;1H2/q;;;+2;/p-2. The molecule has 0 fully saturated rings. The Balaban J connectivity index is -0.0000000171. The topological polar surface area (TPSA) is 112 Å². The second-order valence-corrected chi connectivity index (χ2v) is 0.983. The van der Waals surface area contributed by atoms with Gasteiger partial charge in [0.25, 0.3) is 0 Å². The third-order valence-electron chi connectivity index (χ3n) is 0. The number of aliphatic carboxylic acids is 2. The smallest absolute Gasteiger partial charge is 0.550 e. The summed E-state index contributed by atoms with van der Waals surface area (Å²) in [6, 6.07) is 0. The van der Waals surface area contributed by atoms with Gasteiger partial charge in [-0.15, -0.1) is 0 Å². The SMILES string of the molecule is CC(=O)[O-].CC(=O)[O-].O.[Cu+2].[Cu]. The molecule has 0 rings (SSSR count). The van der Waals surface area contributed by atoms with Crippen molar-refractivity contribution in [3.8, 4) is 0 Å². The molecule has 2 N–H and O–H groups in total. The number of hydrogen-bond acceptors (Lipinski definition) is 4. The van der Waals surface area contributed by atoms with Crippen molar-refractivity contribution >= 4 is 11.9 Å². The molecule has 0 saturated heterocycles. The van der Waals surface area contributed by atoms with Gasteiger partial charge in [0.15, 0.2) is 0 Å². The molecule has 0 unspecified atom stereocenters. The predicted molar refractivity (Wildman–Crippen MR) is 25.0 cm³/mol. The molecule has 2 radical (unpaired) electrons. The van der Waals surface area contributed by atoms with Crippen LogP contribution in [0.3, 0.4) is 0 Å². The Morgan fingerprint density at radius 2 is 1.00 bits per heavy atom. The summed E-state index contributed by atoms with van der Waals surface area (Å²) in [7, 11) is 0. The van der Waals surface area contributed by atoms with E-state index in [1.54, 1.807) is 0 Å². The molecule has 0 aliphatic carbocycles. The molecule has 5 nitrogen and oxygen atoms in total. The molecule has 0 aromatic heterocycles. The first-order chi connectivity index (χ1) is 3.46. The number of rotatable bonds is 0. The molecule has 0 aromatic rings. The maximum absolute atomic E-state index is 8.89. The second kappa shape index (κ2) is 22.5. The van der Waals surface area contributed by atoms with Crippen LogP contribution in [-0.2, 0) is 43.7 Å². The van der Waals surface area contributed by atoms with Gasteiger partial charge in [0.05, 0.1) is 0 Å². The van der Waals surface area contributed by atoms with Gasteiger partial charge in [-0.2, -0.15) is 0 Å². The van der Waals surface area contributed by atoms with E-state index in [-0.39, 0.29) is 39.6 Å². The molecule has 0 aromatic carbocycles. The maximum atomic E-state index is 8.89. The summed E-state index contributed by atoms with van der Waals surface area (Å²) in [6.45, 7) is 1.94. The minimum Gasteiger partial charge on any atom is -0.550 e. The van der Waals surface area contributed by atoms with Gasteiger partial charge in [-0.05, 0) is 13.8 Å². The van der Waals surface area contributed by atoms with E-state index in [0.717, 1.165) is 13.8 Å². The van der Waals surface area contributed by atoms with E-state index in [1.165, 1.54) is 0 Å². The molecule has 76 valence electrons. The van der Waals surface area contributed by atoms with Crippen LogP contribution in [-0.4, -0.2) is 17.4 Å².